The smallest absolute Gasteiger partial charge is 0.253 e. The van der Waals surface area contributed by atoms with Gasteiger partial charge in [-0.3, -0.25) is 14.2 Å². The zero-order valence-electron chi connectivity index (χ0n) is 10.5. The van der Waals surface area contributed by atoms with Gasteiger partial charge in [0.1, 0.15) is 10.8 Å². The number of rotatable bonds is 3. The zero-order valence-corrected chi connectivity index (χ0v) is 11.2. The van der Waals surface area contributed by atoms with Crippen LogP contribution >= 0.6 is 11.6 Å². The number of amides is 1. The summed E-state index contributed by atoms with van der Waals surface area (Å²) in [6.07, 6.45) is 4.96. The molecule has 0 fully saturated rings. The molecular formula is C14H11ClN4O. The minimum absolute atomic E-state index is 0.179. The van der Waals surface area contributed by atoms with Gasteiger partial charge in [-0.05, 0) is 24.3 Å². The largest absolute Gasteiger partial charge is 0.346 e. The standard InChI is InChI=1S/C14H11ClN4O/c15-12-4-1-5-13-18-11(9-19(12)13)8-17-14(20)10-3-2-6-16-7-10/h1-7,9H,8H2,(H,17,20). The van der Waals surface area contributed by atoms with Crippen molar-refractivity contribution in [3.8, 4) is 0 Å². The first kappa shape index (κ1) is 12.6. The molecule has 3 aromatic rings. The van der Waals surface area contributed by atoms with Crippen LogP contribution in [0.5, 0.6) is 0 Å². The maximum Gasteiger partial charge on any atom is 0.253 e. The van der Waals surface area contributed by atoms with Gasteiger partial charge in [-0.2, -0.15) is 0 Å². The van der Waals surface area contributed by atoms with E-state index in [0.717, 1.165) is 11.3 Å². The van der Waals surface area contributed by atoms with Crippen molar-refractivity contribution in [1.82, 2.24) is 19.7 Å². The molecule has 6 heteroatoms. The van der Waals surface area contributed by atoms with Gasteiger partial charge in [-0.25, -0.2) is 4.98 Å². The van der Waals surface area contributed by atoms with E-state index in [1.54, 1.807) is 35.0 Å². The molecule has 0 bridgehead atoms. The first-order chi connectivity index (χ1) is 9.74. The number of hydrogen-bond donors (Lipinski definition) is 1. The first-order valence-corrected chi connectivity index (χ1v) is 6.42. The number of hydrogen-bond acceptors (Lipinski definition) is 3. The average Bonchev–Trinajstić information content (AvgIpc) is 2.90. The van der Waals surface area contributed by atoms with E-state index < -0.39 is 0 Å². The van der Waals surface area contributed by atoms with Gasteiger partial charge >= 0.3 is 0 Å². The lowest BCUT2D eigenvalue weighted by Crippen LogP contribution is -2.22. The van der Waals surface area contributed by atoms with E-state index in [-0.39, 0.29) is 5.91 Å². The lowest BCUT2D eigenvalue weighted by molar-refractivity contribution is 0.0950. The van der Waals surface area contributed by atoms with Gasteiger partial charge in [0.2, 0.25) is 0 Å². The number of aromatic nitrogens is 3. The van der Waals surface area contributed by atoms with Crippen LogP contribution in [0.3, 0.4) is 0 Å². The summed E-state index contributed by atoms with van der Waals surface area (Å²) in [4.78, 5) is 20.2. The highest BCUT2D eigenvalue weighted by Gasteiger charge is 2.07. The molecule has 3 aromatic heterocycles. The molecule has 0 saturated carbocycles. The lowest BCUT2D eigenvalue weighted by atomic mass is 10.2. The fourth-order valence-electron chi connectivity index (χ4n) is 1.88. The second-order valence-corrected chi connectivity index (χ2v) is 4.62. The third-order valence-corrected chi connectivity index (χ3v) is 3.15. The van der Waals surface area contributed by atoms with Gasteiger partial charge < -0.3 is 5.32 Å². The third kappa shape index (κ3) is 2.48. The van der Waals surface area contributed by atoms with Crippen LogP contribution in [0.1, 0.15) is 16.1 Å². The van der Waals surface area contributed by atoms with Crippen molar-refractivity contribution in [2.75, 3.05) is 0 Å². The molecule has 3 heterocycles. The van der Waals surface area contributed by atoms with Crippen LogP contribution in [0.15, 0.2) is 48.9 Å². The molecule has 0 unspecified atom stereocenters. The second kappa shape index (κ2) is 5.30. The molecule has 0 aliphatic carbocycles. The molecule has 100 valence electrons. The van der Waals surface area contributed by atoms with E-state index in [1.807, 2.05) is 12.1 Å². The molecule has 1 N–H and O–H groups in total. The van der Waals surface area contributed by atoms with E-state index in [4.69, 9.17) is 11.6 Å². The Hall–Kier alpha value is -2.40. The Morgan fingerprint density at radius 3 is 2.95 bits per heavy atom. The molecule has 0 aliphatic heterocycles. The number of nitrogens with one attached hydrogen (secondary N) is 1. The first-order valence-electron chi connectivity index (χ1n) is 6.05. The van der Waals surface area contributed by atoms with E-state index in [0.29, 0.717) is 17.3 Å². The van der Waals surface area contributed by atoms with Crippen LogP contribution in [0.2, 0.25) is 5.15 Å². The Balaban J connectivity index is 1.74. The third-order valence-electron chi connectivity index (χ3n) is 2.85. The molecular weight excluding hydrogens is 276 g/mol. The van der Waals surface area contributed by atoms with Crippen molar-refractivity contribution in [2.24, 2.45) is 0 Å². The second-order valence-electron chi connectivity index (χ2n) is 4.23. The number of imidazole rings is 1. The van der Waals surface area contributed by atoms with Crippen LogP contribution < -0.4 is 5.32 Å². The molecule has 3 rings (SSSR count). The molecule has 5 nitrogen and oxygen atoms in total. The number of carbonyl (C=O) groups is 1. The summed E-state index contributed by atoms with van der Waals surface area (Å²) >= 11 is 6.06. The molecule has 20 heavy (non-hydrogen) atoms. The molecule has 1 amide bonds. The minimum atomic E-state index is -0.179. The van der Waals surface area contributed by atoms with Crippen molar-refractivity contribution >= 4 is 23.2 Å². The minimum Gasteiger partial charge on any atom is -0.346 e. The van der Waals surface area contributed by atoms with Gasteiger partial charge in [0.15, 0.2) is 0 Å². The van der Waals surface area contributed by atoms with Crippen molar-refractivity contribution in [1.29, 1.82) is 0 Å². The van der Waals surface area contributed by atoms with Crippen LogP contribution in [-0.4, -0.2) is 20.3 Å². The van der Waals surface area contributed by atoms with Crippen LogP contribution in [-0.2, 0) is 6.54 Å². The van der Waals surface area contributed by atoms with Gasteiger partial charge in [0.25, 0.3) is 5.91 Å². The summed E-state index contributed by atoms with van der Waals surface area (Å²) in [5.74, 6) is -0.179. The van der Waals surface area contributed by atoms with E-state index in [1.165, 1.54) is 6.20 Å². The van der Waals surface area contributed by atoms with Crippen molar-refractivity contribution < 1.29 is 4.79 Å². The normalized spacial score (nSPS) is 10.7. The van der Waals surface area contributed by atoms with Crippen molar-refractivity contribution in [2.45, 2.75) is 6.54 Å². The predicted octanol–water partition coefficient (Wildman–Crippen LogP) is 2.31. The van der Waals surface area contributed by atoms with E-state index >= 15 is 0 Å². The van der Waals surface area contributed by atoms with E-state index in [9.17, 15) is 4.79 Å². The maximum absolute atomic E-state index is 11.9. The Morgan fingerprint density at radius 1 is 1.30 bits per heavy atom. The van der Waals surface area contributed by atoms with Gasteiger partial charge in [0, 0.05) is 18.6 Å². The van der Waals surface area contributed by atoms with E-state index in [2.05, 4.69) is 15.3 Å². The summed E-state index contributed by atoms with van der Waals surface area (Å²) in [5.41, 5.74) is 2.02. The Bertz CT molecular complexity index is 754. The highest BCUT2D eigenvalue weighted by Crippen LogP contribution is 2.13. The van der Waals surface area contributed by atoms with Crippen molar-refractivity contribution in [3.63, 3.8) is 0 Å². The number of halogens is 1. The average molecular weight is 287 g/mol. The summed E-state index contributed by atoms with van der Waals surface area (Å²) in [6, 6.07) is 8.91. The predicted molar refractivity (Wildman–Crippen MR) is 75.6 cm³/mol. The van der Waals surface area contributed by atoms with Crippen LogP contribution in [0.25, 0.3) is 5.65 Å². The molecule has 0 radical (unpaired) electrons. The maximum atomic E-state index is 11.9. The monoisotopic (exact) mass is 286 g/mol. The fraction of sp³-hybridized carbons (Fsp3) is 0.0714. The molecule has 0 saturated heterocycles. The Kier molecular flexibility index (Phi) is 3.35. The van der Waals surface area contributed by atoms with Gasteiger partial charge in [-0.15, -0.1) is 0 Å². The quantitative estimate of drug-likeness (QED) is 0.752. The zero-order chi connectivity index (χ0) is 13.9. The highest BCUT2D eigenvalue weighted by molar-refractivity contribution is 6.29. The van der Waals surface area contributed by atoms with Gasteiger partial charge in [-0.1, -0.05) is 17.7 Å². The number of fused-ring (bicyclic) bond motifs is 1. The topological polar surface area (TPSA) is 59.3 Å². The van der Waals surface area contributed by atoms with Gasteiger partial charge in [0.05, 0.1) is 17.8 Å². The number of carbonyl (C=O) groups excluding carboxylic acids is 1. The van der Waals surface area contributed by atoms with Crippen molar-refractivity contribution in [3.05, 3.63) is 65.3 Å². The van der Waals surface area contributed by atoms with Crippen LogP contribution in [0.4, 0.5) is 0 Å². The number of pyridine rings is 2. The highest BCUT2D eigenvalue weighted by atomic mass is 35.5. The summed E-state index contributed by atoms with van der Waals surface area (Å²) < 4.78 is 1.77. The Morgan fingerprint density at radius 2 is 2.20 bits per heavy atom. The number of nitrogens with zero attached hydrogens (tertiary/aromatic N) is 3. The molecule has 0 aliphatic rings. The lowest BCUT2D eigenvalue weighted by Gasteiger charge is -2.01. The summed E-state index contributed by atoms with van der Waals surface area (Å²) in [6.45, 7) is 0.339. The summed E-state index contributed by atoms with van der Waals surface area (Å²) in [7, 11) is 0. The molecule has 0 aromatic carbocycles. The SMILES string of the molecule is O=C(NCc1cn2c(Cl)cccc2n1)c1cccnc1. The fourth-order valence-corrected chi connectivity index (χ4v) is 2.09. The molecule has 0 spiro atoms. The Labute approximate surface area is 120 Å². The van der Waals surface area contributed by atoms with Crippen LogP contribution in [0, 0.1) is 0 Å². The molecule has 0 atom stereocenters. The summed E-state index contributed by atoms with van der Waals surface area (Å²) in [5, 5.41) is 3.38.